The number of rotatable bonds is 5. The van der Waals surface area contributed by atoms with E-state index < -0.39 is 0 Å². The van der Waals surface area contributed by atoms with Crippen LogP contribution in [0.1, 0.15) is 24.8 Å². The number of nitrogens with zero attached hydrogens (tertiary/aromatic N) is 2. The van der Waals surface area contributed by atoms with Gasteiger partial charge in [0, 0.05) is 38.8 Å². The van der Waals surface area contributed by atoms with E-state index in [2.05, 4.69) is 29.2 Å². The summed E-state index contributed by atoms with van der Waals surface area (Å²) in [5.41, 5.74) is 7.08. The van der Waals surface area contributed by atoms with Crippen molar-refractivity contribution in [1.82, 2.24) is 9.80 Å². The summed E-state index contributed by atoms with van der Waals surface area (Å²) in [5, 5.41) is 0. The van der Waals surface area contributed by atoms with Gasteiger partial charge in [-0.05, 0) is 18.4 Å². The first-order valence-corrected chi connectivity index (χ1v) is 8.63. The standard InChI is InChI=1S/C18H27N3O2/c19-12-16-7-4-8-21(16)18(22)11-17-14-20(9-10-23-17)13-15-5-2-1-3-6-15/h1-3,5-6,16-17H,4,7-14,19H2. The number of likely N-dealkylation sites (tertiary alicyclic amines) is 1. The van der Waals surface area contributed by atoms with Crippen LogP contribution in [0.25, 0.3) is 0 Å². The van der Waals surface area contributed by atoms with E-state index in [9.17, 15) is 4.79 Å². The van der Waals surface area contributed by atoms with E-state index in [4.69, 9.17) is 10.5 Å². The molecule has 5 nitrogen and oxygen atoms in total. The Hall–Kier alpha value is -1.43. The molecule has 0 radical (unpaired) electrons. The zero-order valence-electron chi connectivity index (χ0n) is 13.7. The van der Waals surface area contributed by atoms with Gasteiger partial charge in [0.1, 0.15) is 0 Å². The van der Waals surface area contributed by atoms with E-state index in [1.54, 1.807) is 0 Å². The highest BCUT2D eigenvalue weighted by Gasteiger charge is 2.30. The molecule has 0 spiro atoms. The van der Waals surface area contributed by atoms with Gasteiger partial charge in [-0.15, -0.1) is 0 Å². The van der Waals surface area contributed by atoms with Gasteiger partial charge in [0.25, 0.3) is 0 Å². The average molecular weight is 317 g/mol. The minimum atomic E-state index is -0.000938. The van der Waals surface area contributed by atoms with Gasteiger partial charge < -0.3 is 15.4 Å². The first-order chi connectivity index (χ1) is 11.3. The fourth-order valence-corrected chi connectivity index (χ4v) is 3.61. The highest BCUT2D eigenvalue weighted by molar-refractivity contribution is 5.77. The number of ether oxygens (including phenoxy) is 1. The molecular formula is C18H27N3O2. The molecule has 2 aliphatic rings. The quantitative estimate of drug-likeness (QED) is 0.887. The van der Waals surface area contributed by atoms with Gasteiger partial charge in [0.05, 0.1) is 19.1 Å². The summed E-state index contributed by atoms with van der Waals surface area (Å²) in [6.07, 6.45) is 2.58. The zero-order chi connectivity index (χ0) is 16.1. The molecule has 23 heavy (non-hydrogen) atoms. The van der Waals surface area contributed by atoms with E-state index in [1.807, 2.05) is 11.0 Å². The predicted octanol–water partition coefficient (Wildman–Crippen LogP) is 1.23. The first-order valence-electron chi connectivity index (χ1n) is 8.63. The van der Waals surface area contributed by atoms with Crippen molar-refractivity contribution in [3.05, 3.63) is 35.9 Å². The molecule has 1 amide bonds. The van der Waals surface area contributed by atoms with Crippen LogP contribution in [-0.4, -0.2) is 60.6 Å². The molecule has 2 atom stereocenters. The maximum absolute atomic E-state index is 12.5. The summed E-state index contributed by atoms with van der Waals surface area (Å²) in [6, 6.07) is 10.7. The second-order valence-electron chi connectivity index (χ2n) is 6.54. The predicted molar refractivity (Wildman–Crippen MR) is 89.9 cm³/mol. The molecule has 126 valence electrons. The second-order valence-corrected chi connectivity index (χ2v) is 6.54. The van der Waals surface area contributed by atoms with Crippen LogP contribution in [0.5, 0.6) is 0 Å². The number of morpholine rings is 1. The molecular weight excluding hydrogens is 290 g/mol. The van der Waals surface area contributed by atoms with Gasteiger partial charge in [0.15, 0.2) is 0 Å². The molecule has 5 heteroatoms. The van der Waals surface area contributed by atoms with Crippen LogP contribution in [0.4, 0.5) is 0 Å². The summed E-state index contributed by atoms with van der Waals surface area (Å²) in [5.74, 6) is 0.199. The molecule has 2 unspecified atom stereocenters. The number of carbonyl (C=O) groups is 1. The third-order valence-corrected chi connectivity index (χ3v) is 4.84. The zero-order valence-corrected chi connectivity index (χ0v) is 13.7. The number of nitrogens with two attached hydrogens (primary N) is 1. The highest BCUT2D eigenvalue weighted by Crippen LogP contribution is 2.20. The number of carbonyl (C=O) groups excluding carboxylic acids is 1. The fraction of sp³-hybridized carbons (Fsp3) is 0.611. The summed E-state index contributed by atoms with van der Waals surface area (Å²) in [6.45, 7) is 4.78. The van der Waals surface area contributed by atoms with Crippen molar-refractivity contribution in [3.8, 4) is 0 Å². The lowest BCUT2D eigenvalue weighted by Gasteiger charge is -2.34. The van der Waals surface area contributed by atoms with Crippen molar-refractivity contribution in [2.24, 2.45) is 5.73 Å². The molecule has 1 aromatic carbocycles. The largest absolute Gasteiger partial charge is 0.375 e. The molecule has 2 N–H and O–H groups in total. The summed E-state index contributed by atoms with van der Waals surface area (Å²) >= 11 is 0. The van der Waals surface area contributed by atoms with E-state index >= 15 is 0 Å². The maximum atomic E-state index is 12.5. The SMILES string of the molecule is NCC1CCCN1C(=O)CC1CN(Cc2ccccc2)CCO1. The van der Waals surface area contributed by atoms with Gasteiger partial charge in [0.2, 0.25) is 5.91 Å². The van der Waals surface area contributed by atoms with Crippen LogP contribution in [0, 0.1) is 0 Å². The molecule has 1 aromatic rings. The van der Waals surface area contributed by atoms with Crippen molar-refractivity contribution in [2.75, 3.05) is 32.8 Å². The van der Waals surface area contributed by atoms with Gasteiger partial charge in [-0.3, -0.25) is 9.69 Å². The van der Waals surface area contributed by atoms with Crippen LogP contribution in [0.2, 0.25) is 0 Å². The summed E-state index contributed by atoms with van der Waals surface area (Å²) in [7, 11) is 0. The first kappa shape index (κ1) is 16.4. The van der Waals surface area contributed by atoms with Crippen LogP contribution < -0.4 is 5.73 Å². The van der Waals surface area contributed by atoms with Crippen LogP contribution in [0.15, 0.2) is 30.3 Å². The smallest absolute Gasteiger partial charge is 0.225 e. The van der Waals surface area contributed by atoms with Crippen molar-refractivity contribution < 1.29 is 9.53 Å². The minimum absolute atomic E-state index is 0.000938. The summed E-state index contributed by atoms with van der Waals surface area (Å²) < 4.78 is 5.82. The lowest BCUT2D eigenvalue weighted by molar-refractivity contribution is -0.137. The highest BCUT2D eigenvalue weighted by atomic mass is 16.5. The molecule has 0 saturated carbocycles. The van der Waals surface area contributed by atoms with E-state index in [-0.39, 0.29) is 18.1 Å². The Morgan fingerprint density at radius 3 is 2.87 bits per heavy atom. The van der Waals surface area contributed by atoms with Gasteiger partial charge in [-0.1, -0.05) is 30.3 Å². The minimum Gasteiger partial charge on any atom is -0.375 e. The van der Waals surface area contributed by atoms with E-state index in [0.717, 1.165) is 39.0 Å². The molecule has 3 rings (SSSR count). The Kier molecular flexibility index (Phi) is 5.65. The van der Waals surface area contributed by atoms with Crippen LogP contribution in [0.3, 0.4) is 0 Å². The molecule has 0 aromatic heterocycles. The van der Waals surface area contributed by atoms with Crippen LogP contribution >= 0.6 is 0 Å². The molecule has 2 heterocycles. The molecule has 2 saturated heterocycles. The third kappa shape index (κ3) is 4.31. The van der Waals surface area contributed by atoms with Crippen LogP contribution in [-0.2, 0) is 16.1 Å². The lowest BCUT2D eigenvalue weighted by Crippen LogP contribution is -2.46. The normalized spacial score (nSPS) is 25.7. The van der Waals surface area contributed by atoms with Crippen molar-refractivity contribution >= 4 is 5.91 Å². The maximum Gasteiger partial charge on any atom is 0.225 e. The van der Waals surface area contributed by atoms with Gasteiger partial charge in [-0.25, -0.2) is 0 Å². The Morgan fingerprint density at radius 2 is 2.09 bits per heavy atom. The number of benzene rings is 1. The van der Waals surface area contributed by atoms with E-state index in [0.29, 0.717) is 19.6 Å². The Labute approximate surface area is 138 Å². The molecule has 0 bridgehead atoms. The number of hydrogen-bond acceptors (Lipinski definition) is 4. The Morgan fingerprint density at radius 1 is 1.26 bits per heavy atom. The van der Waals surface area contributed by atoms with Crippen molar-refractivity contribution in [3.63, 3.8) is 0 Å². The second kappa shape index (κ2) is 7.90. The van der Waals surface area contributed by atoms with Gasteiger partial charge in [-0.2, -0.15) is 0 Å². The van der Waals surface area contributed by atoms with Crippen molar-refractivity contribution in [1.29, 1.82) is 0 Å². The van der Waals surface area contributed by atoms with Crippen molar-refractivity contribution in [2.45, 2.75) is 38.0 Å². The Balaban J connectivity index is 1.51. The number of amides is 1. The van der Waals surface area contributed by atoms with E-state index in [1.165, 1.54) is 5.56 Å². The number of hydrogen-bond donors (Lipinski definition) is 1. The summed E-state index contributed by atoms with van der Waals surface area (Å²) in [4.78, 5) is 16.9. The topological polar surface area (TPSA) is 58.8 Å². The fourth-order valence-electron chi connectivity index (χ4n) is 3.61. The Bertz CT molecular complexity index is 508. The molecule has 2 fully saturated rings. The lowest BCUT2D eigenvalue weighted by atomic mass is 10.1. The van der Waals surface area contributed by atoms with Gasteiger partial charge >= 0.3 is 0 Å². The molecule has 2 aliphatic heterocycles. The average Bonchev–Trinajstić information content (AvgIpc) is 3.05. The molecule has 0 aliphatic carbocycles. The monoisotopic (exact) mass is 317 g/mol. The third-order valence-electron chi connectivity index (χ3n) is 4.84.